The highest BCUT2D eigenvalue weighted by Crippen LogP contribution is 2.40. The van der Waals surface area contributed by atoms with Gasteiger partial charge < -0.3 is 24.4 Å². The average molecular weight is 483 g/mol. The first-order valence-electron chi connectivity index (χ1n) is 12.5. The number of piperidine rings is 1. The van der Waals surface area contributed by atoms with Gasteiger partial charge >= 0.3 is 0 Å². The van der Waals surface area contributed by atoms with E-state index in [0.717, 1.165) is 18.4 Å². The van der Waals surface area contributed by atoms with Crippen molar-refractivity contribution in [3.8, 4) is 17.2 Å². The molecule has 7 heteroatoms. The molecule has 2 aromatic carbocycles. The molecular weight excluding hydrogens is 444 g/mol. The van der Waals surface area contributed by atoms with E-state index >= 15 is 0 Å². The lowest BCUT2D eigenvalue weighted by molar-refractivity contribution is -0.132. The maximum Gasteiger partial charge on any atom is 0.254 e. The first kappa shape index (κ1) is 26.4. The molecular formula is C28H38N2O5. The lowest BCUT2D eigenvalue weighted by Crippen LogP contribution is -2.51. The smallest absolute Gasteiger partial charge is 0.254 e. The zero-order chi connectivity index (χ0) is 25.4. The predicted molar refractivity (Wildman–Crippen MR) is 136 cm³/mol. The van der Waals surface area contributed by atoms with Gasteiger partial charge in [0, 0.05) is 25.2 Å². The Morgan fingerprint density at radius 2 is 1.57 bits per heavy atom. The number of aryl methyl sites for hydroxylation is 1. The van der Waals surface area contributed by atoms with E-state index in [1.807, 2.05) is 58.9 Å². The highest BCUT2D eigenvalue weighted by atomic mass is 16.5. The van der Waals surface area contributed by atoms with Crippen LogP contribution in [0.1, 0.15) is 62.0 Å². The Balaban J connectivity index is 1.77. The van der Waals surface area contributed by atoms with E-state index < -0.39 is 5.41 Å². The third-order valence-corrected chi connectivity index (χ3v) is 6.26. The number of nitrogens with zero attached hydrogens (tertiary/aromatic N) is 1. The number of rotatable bonds is 10. The van der Waals surface area contributed by atoms with Gasteiger partial charge in [0.1, 0.15) is 0 Å². The molecule has 3 rings (SSSR count). The summed E-state index contributed by atoms with van der Waals surface area (Å²) in [5.74, 6) is 1.30. The van der Waals surface area contributed by atoms with Crippen LogP contribution in [0.5, 0.6) is 17.2 Å². The van der Waals surface area contributed by atoms with Gasteiger partial charge in [0.15, 0.2) is 11.5 Å². The Bertz CT molecular complexity index is 994. The molecule has 2 amide bonds. The fraction of sp³-hybridized carbons (Fsp3) is 0.500. The van der Waals surface area contributed by atoms with Crippen molar-refractivity contribution >= 4 is 11.8 Å². The third-order valence-electron chi connectivity index (χ3n) is 6.26. The number of nitrogens with one attached hydrogen (secondary N) is 1. The lowest BCUT2D eigenvalue weighted by Gasteiger charge is -2.39. The van der Waals surface area contributed by atoms with E-state index in [4.69, 9.17) is 14.2 Å². The Labute approximate surface area is 208 Å². The van der Waals surface area contributed by atoms with E-state index in [0.29, 0.717) is 62.3 Å². The Morgan fingerprint density at radius 1 is 0.971 bits per heavy atom. The molecule has 1 atom stereocenters. The molecule has 0 aromatic heterocycles. The SMILES string of the molecule is CCOc1cc(C(=O)N2CCC[C@@](C)(C(=O)NCc3ccc(C)cc3)C2)cc(OCC)c1OCC. The maximum atomic E-state index is 13.5. The summed E-state index contributed by atoms with van der Waals surface area (Å²) in [6.45, 7) is 12.4. The minimum absolute atomic E-state index is 0.0349. The van der Waals surface area contributed by atoms with E-state index in [-0.39, 0.29) is 11.8 Å². The lowest BCUT2D eigenvalue weighted by atomic mass is 9.80. The Kier molecular flexibility index (Phi) is 9.01. The zero-order valence-corrected chi connectivity index (χ0v) is 21.6. The van der Waals surface area contributed by atoms with Crippen molar-refractivity contribution in [2.45, 2.75) is 54.0 Å². The number of ether oxygens (including phenoxy) is 3. The molecule has 35 heavy (non-hydrogen) atoms. The van der Waals surface area contributed by atoms with Gasteiger partial charge in [0.25, 0.3) is 5.91 Å². The van der Waals surface area contributed by atoms with Crippen LogP contribution in [0.15, 0.2) is 36.4 Å². The van der Waals surface area contributed by atoms with Crippen molar-refractivity contribution in [3.63, 3.8) is 0 Å². The first-order chi connectivity index (χ1) is 16.8. The molecule has 0 radical (unpaired) electrons. The zero-order valence-electron chi connectivity index (χ0n) is 21.6. The van der Waals surface area contributed by atoms with Gasteiger partial charge in [-0.25, -0.2) is 0 Å². The minimum Gasteiger partial charge on any atom is -0.490 e. The van der Waals surface area contributed by atoms with Gasteiger partial charge in [-0.1, -0.05) is 29.8 Å². The number of likely N-dealkylation sites (tertiary alicyclic amines) is 1. The molecule has 0 bridgehead atoms. The molecule has 0 aliphatic carbocycles. The van der Waals surface area contributed by atoms with Crippen LogP contribution in [0, 0.1) is 12.3 Å². The molecule has 190 valence electrons. The van der Waals surface area contributed by atoms with E-state index in [1.54, 1.807) is 17.0 Å². The summed E-state index contributed by atoms with van der Waals surface area (Å²) >= 11 is 0. The summed E-state index contributed by atoms with van der Waals surface area (Å²) in [6.07, 6.45) is 1.49. The topological polar surface area (TPSA) is 77.1 Å². The summed E-state index contributed by atoms with van der Waals surface area (Å²) in [5.41, 5.74) is 2.04. The second-order valence-corrected chi connectivity index (χ2v) is 9.16. The van der Waals surface area contributed by atoms with Crippen molar-refractivity contribution < 1.29 is 23.8 Å². The van der Waals surface area contributed by atoms with Crippen molar-refractivity contribution in [1.82, 2.24) is 10.2 Å². The fourth-order valence-electron chi connectivity index (χ4n) is 4.39. The molecule has 7 nitrogen and oxygen atoms in total. The second-order valence-electron chi connectivity index (χ2n) is 9.16. The molecule has 0 saturated carbocycles. The van der Waals surface area contributed by atoms with Gasteiger partial charge in [0.2, 0.25) is 11.7 Å². The summed E-state index contributed by atoms with van der Waals surface area (Å²) < 4.78 is 17.3. The largest absolute Gasteiger partial charge is 0.490 e. The number of carbonyl (C=O) groups is 2. The summed E-state index contributed by atoms with van der Waals surface area (Å²) in [5, 5.41) is 3.07. The van der Waals surface area contributed by atoms with Crippen LogP contribution in [0.3, 0.4) is 0 Å². The normalized spacial score (nSPS) is 17.6. The van der Waals surface area contributed by atoms with Crippen molar-refractivity contribution in [3.05, 3.63) is 53.1 Å². The van der Waals surface area contributed by atoms with Crippen molar-refractivity contribution in [2.24, 2.45) is 5.41 Å². The van der Waals surface area contributed by atoms with Crippen LogP contribution in [0.2, 0.25) is 0 Å². The highest BCUT2D eigenvalue weighted by Gasteiger charge is 2.39. The summed E-state index contributed by atoms with van der Waals surface area (Å²) in [7, 11) is 0. The van der Waals surface area contributed by atoms with Crippen LogP contribution in [-0.4, -0.2) is 49.6 Å². The second kappa shape index (κ2) is 12.0. The molecule has 1 fully saturated rings. The van der Waals surface area contributed by atoms with Crippen LogP contribution in [-0.2, 0) is 11.3 Å². The minimum atomic E-state index is -0.657. The molecule has 0 spiro atoms. The Hall–Kier alpha value is -3.22. The van der Waals surface area contributed by atoms with Crippen LogP contribution >= 0.6 is 0 Å². The molecule has 1 heterocycles. The highest BCUT2D eigenvalue weighted by molar-refractivity contribution is 5.96. The van der Waals surface area contributed by atoms with Gasteiger partial charge in [-0.3, -0.25) is 9.59 Å². The predicted octanol–water partition coefficient (Wildman–Crippen LogP) is 4.75. The standard InChI is InChI=1S/C28H38N2O5/c1-6-33-23-16-22(17-24(34-7-2)25(23)35-8-3)26(31)30-15-9-14-28(5,19-30)27(32)29-18-21-12-10-20(4)11-13-21/h10-13,16-17H,6-9,14-15,18-19H2,1-5H3,(H,29,32)/t28-/m1/s1. The quantitative estimate of drug-likeness (QED) is 0.529. The van der Waals surface area contributed by atoms with E-state index in [2.05, 4.69) is 5.32 Å². The molecule has 1 aliphatic rings. The van der Waals surface area contributed by atoms with Gasteiger partial charge in [-0.05, 0) is 65.2 Å². The van der Waals surface area contributed by atoms with E-state index in [1.165, 1.54) is 5.56 Å². The van der Waals surface area contributed by atoms with Crippen molar-refractivity contribution in [2.75, 3.05) is 32.9 Å². The van der Waals surface area contributed by atoms with Crippen LogP contribution < -0.4 is 19.5 Å². The van der Waals surface area contributed by atoms with Gasteiger partial charge in [-0.2, -0.15) is 0 Å². The summed E-state index contributed by atoms with van der Waals surface area (Å²) in [4.78, 5) is 28.5. The van der Waals surface area contributed by atoms with Crippen LogP contribution in [0.25, 0.3) is 0 Å². The third kappa shape index (κ3) is 6.47. The Morgan fingerprint density at radius 3 is 2.14 bits per heavy atom. The van der Waals surface area contributed by atoms with E-state index in [9.17, 15) is 9.59 Å². The number of benzene rings is 2. The molecule has 1 aliphatic heterocycles. The van der Waals surface area contributed by atoms with Gasteiger partial charge in [0.05, 0.1) is 25.2 Å². The average Bonchev–Trinajstić information content (AvgIpc) is 2.85. The van der Waals surface area contributed by atoms with Crippen molar-refractivity contribution in [1.29, 1.82) is 0 Å². The number of hydrogen-bond donors (Lipinski definition) is 1. The summed E-state index contributed by atoms with van der Waals surface area (Å²) in [6, 6.07) is 11.5. The maximum absolute atomic E-state index is 13.5. The molecule has 0 unspecified atom stereocenters. The fourth-order valence-corrected chi connectivity index (χ4v) is 4.39. The first-order valence-corrected chi connectivity index (χ1v) is 12.5. The van der Waals surface area contributed by atoms with Gasteiger partial charge in [-0.15, -0.1) is 0 Å². The number of hydrogen-bond acceptors (Lipinski definition) is 5. The number of amides is 2. The monoisotopic (exact) mass is 482 g/mol. The van der Waals surface area contributed by atoms with Crippen LogP contribution in [0.4, 0.5) is 0 Å². The molecule has 1 N–H and O–H groups in total. The number of carbonyl (C=O) groups excluding carboxylic acids is 2. The molecule has 1 saturated heterocycles. The molecule has 2 aromatic rings.